The Morgan fingerprint density at radius 3 is 2.29 bits per heavy atom. The molecule has 1 aromatic heterocycles. The second-order valence-electron chi connectivity index (χ2n) is 7.41. The van der Waals surface area contributed by atoms with E-state index in [0.717, 1.165) is 28.8 Å². The zero-order valence-electron chi connectivity index (χ0n) is 18.3. The summed E-state index contributed by atoms with van der Waals surface area (Å²) in [5.74, 6) is -3.66. The summed E-state index contributed by atoms with van der Waals surface area (Å²) in [6, 6.07) is 8.57. The Bertz CT molecular complexity index is 1060. The van der Waals surface area contributed by atoms with Crippen molar-refractivity contribution in [2.75, 3.05) is 13.7 Å². The Balaban J connectivity index is 1.78. The molecule has 4 atom stereocenters. The maximum absolute atomic E-state index is 13.5. The van der Waals surface area contributed by atoms with Crippen molar-refractivity contribution in [1.29, 1.82) is 0 Å². The van der Waals surface area contributed by atoms with E-state index >= 15 is 0 Å². The van der Waals surface area contributed by atoms with Crippen LogP contribution in [0.2, 0.25) is 0 Å². The van der Waals surface area contributed by atoms with Gasteiger partial charge in [0.05, 0.1) is 32.6 Å². The minimum atomic E-state index is -1.58. The number of halogens is 3. The SMILES string of the molecule is COc1ccc(SC(OC(CO)[C@@H](C)O)[C@@H](O)Cn2cc(-c3cc(F)c(F)c(F)c3)nn2)cc1. The van der Waals surface area contributed by atoms with Gasteiger partial charge in [0.2, 0.25) is 0 Å². The van der Waals surface area contributed by atoms with Gasteiger partial charge in [0.15, 0.2) is 17.5 Å². The summed E-state index contributed by atoms with van der Waals surface area (Å²) in [4.78, 5) is 0.726. The second-order valence-corrected chi connectivity index (χ2v) is 8.58. The molecule has 0 radical (unpaired) electrons. The quantitative estimate of drug-likeness (QED) is 0.210. The Kier molecular flexibility index (Phi) is 8.91. The molecular formula is C22H24F3N3O5S. The van der Waals surface area contributed by atoms with Crippen LogP contribution in [0, 0.1) is 17.5 Å². The lowest BCUT2D eigenvalue weighted by Crippen LogP contribution is -2.39. The van der Waals surface area contributed by atoms with Crippen molar-refractivity contribution in [2.24, 2.45) is 0 Å². The maximum Gasteiger partial charge on any atom is 0.194 e. The van der Waals surface area contributed by atoms with Gasteiger partial charge >= 0.3 is 0 Å². The van der Waals surface area contributed by atoms with Gasteiger partial charge in [0.1, 0.15) is 29.1 Å². The zero-order valence-corrected chi connectivity index (χ0v) is 19.1. The van der Waals surface area contributed by atoms with Crippen LogP contribution < -0.4 is 4.74 Å². The fourth-order valence-electron chi connectivity index (χ4n) is 2.97. The van der Waals surface area contributed by atoms with Crippen LogP contribution in [0.15, 0.2) is 47.5 Å². The largest absolute Gasteiger partial charge is 0.497 e. The van der Waals surface area contributed by atoms with Crippen molar-refractivity contribution in [2.45, 2.75) is 42.1 Å². The highest BCUT2D eigenvalue weighted by atomic mass is 32.2. The summed E-state index contributed by atoms with van der Waals surface area (Å²) in [6.45, 7) is 0.844. The van der Waals surface area contributed by atoms with E-state index in [4.69, 9.17) is 9.47 Å². The molecule has 2 unspecified atom stereocenters. The average Bonchev–Trinajstić information content (AvgIpc) is 3.28. The van der Waals surface area contributed by atoms with Crippen LogP contribution in [0.25, 0.3) is 11.3 Å². The van der Waals surface area contributed by atoms with Crippen LogP contribution in [0.4, 0.5) is 13.2 Å². The van der Waals surface area contributed by atoms with Crippen LogP contribution in [0.5, 0.6) is 5.75 Å². The number of nitrogens with zero attached hydrogens (tertiary/aromatic N) is 3. The number of aliphatic hydroxyl groups excluding tert-OH is 3. The maximum atomic E-state index is 13.5. The van der Waals surface area contributed by atoms with Crippen LogP contribution in [-0.2, 0) is 11.3 Å². The van der Waals surface area contributed by atoms with Gasteiger partial charge < -0.3 is 24.8 Å². The molecule has 184 valence electrons. The first-order valence-electron chi connectivity index (χ1n) is 10.2. The molecule has 0 saturated heterocycles. The highest BCUT2D eigenvalue weighted by molar-refractivity contribution is 7.99. The summed E-state index contributed by atoms with van der Waals surface area (Å²) in [5, 5.41) is 37.9. The number of rotatable bonds is 11. The molecule has 2 aromatic carbocycles. The van der Waals surface area contributed by atoms with Crippen molar-refractivity contribution < 1.29 is 38.0 Å². The van der Waals surface area contributed by atoms with Crippen LogP contribution in [-0.4, -0.2) is 67.8 Å². The predicted molar refractivity (Wildman–Crippen MR) is 118 cm³/mol. The van der Waals surface area contributed by atoms with Crippen LogP contribution >= 0.6 is 11.8 Å². The van der Waals surface area contributed by atoms with Crippen molar-refractivity contribution in [3.8, 4) is 17.0 Å². The Morgan fingerprint density at radius 2 is 1.74 bits per heavy atom. The number of aromatic nitrogens is 3. The van der Waals surface area contributed by atoms with Crippen molar-refractivity contribution >= 4 is 11.8 Å². The monoisotopic (exact) mass is 499 g/mol. The normalized spacial score (nSPS) is 15.1. The third-order valence-corrected chi connectivity index (χ3v) is 6.05. The zero-order chi connectivity index (χ0) is 24.8. The summed E-state index contributed by atoms with van der Waals surface area (Å²) >= 11 is 1.15. The van der Waals surface area contributed by atoms with Crippen LogP contribution in [0.1, 0.15) is 6.92 Å². The number of aliphatic hydroxyl groups is 3. The smallest absolute Gasteiger partial charge is 0.194 e. The van der Waals surface area contributed by atoms with Crippen LogP contribution in [0.3, 0.4) is 0 Å². The lowest BCUT2D eigenvalue weighted by atomic mass is 10.1. The molecule has 1 heterocycles. The molecule has 0 bridgehead atoms. The van der Waals surface area contributed by atoms with E-state index in [1.165, 1.54) is 24.9 Å². The van der Waals surface area contributed by atoms with E-state index < -0.39 is 47.8 Å². The van der Waals surface area contributed by atoms with Gasteiger partial charge in [-0.05, 0) is 43.3 Å². The fourth-order valence-corrected chi connectivity index (χ4v) is 3.97. The molecule has 0 amide bonds. The van der Waals surface area contributed by atoms with Gasteiger partial charge in [-0.15, -0.1) is 5.10 Å². The number of benzene rings is 2. The van der Waals surface area contributed by atoms with E-state index in [1.807, 2.05) is 0 Å². The third kappa shape index (κ3) is 6.48. The first-order chi connectivity index (χ1) is 16.2. The molecule has 34 heavy (non-hydrogen) atoms. The second kappa shape index (κ2) is 11.7. The molecule has 3 rings (SSSR count). The summed E-state index contributed by atoms with van der Waals surface area (Å²) in [7, 11) is 1.54. The van der Waals surface area contributed by atoms with Gasteiger partial charge in [-0.25, -0.2) is 17.9 Å². The number of ether oxygens (including phenoxy) is 2. The predicted octanol–water partition coefficient (Wildman–Crippen LogP) is 2.61. The molecule has 0 aliphatic carbocycles. The van der Waals surface area contributed by atoms with Gasteiger partial charge in [0.25, 0.3) is 0 Å². The van der Waals surface area contributed by atoms with Crippen molar-refractivity contribution in [3.05, 3.63) is 60.0 Å². The Morgan fingerprint density at radius 1 is 1.09 bits per heavy atom. The topological polar surface area (TPSA) is 110 Å². The Labute approximate surface area is 197 Å². The van der Waals surface area contributed by atoms with E-state index in [1.54, 1.807) is 24.3 Å². The van der Waals surface area contributed by atoms with E-state index in [9.17, 15) is 28.5 Å². The number of methoxy groups -OCH3 is 1. The van der Waals surface area contributed by atoms with Crippen molar-refractivity contribution in [1.82, 2.24) is 15.0 Å². The molecule has 3 aromatic rings. The average molecular weight is 500 g/mol. The van der Waals surface area contributed by atoms with Gasteiger partial charge in [-0.2, -0.15) is 0 Å². The van der Waals surface area contributed by atoms with E-state index in [2.05, 4.69) is 10.3 Å². The molecule has 0 aliphatic rings. The van der Waals surface area contributed by atoms with Crippen molar-refractivity contribution in [3.63, 3.8) is 0 Å². The van der Waals surface area contributed by atoms with Gasteiger partial charge in [-0.1, -0.05) is 17.0 Å². The molecule has 8 nitrogen and oxygen atoms in total. The summed E-state index contributed by atoms with van der Waals surface area (Å²) in [6.07, 6.45) is -1.82. The minimum Gasteiger partial charge on any atom is -0.497 e. The molecule has 0 saturated carbocycles. The lowest BCUT2D eigenvalue weighted by molar-refractivity contribution is -0.0972. The highest BCUT2D eigenvalue weighted by Gasteiger charge is 2.28. The summed E-state index contributed by atoms with van der Waals surface area (Å²) in [5.41, 5.74) is -0.886. The highest BCUT2D eigenvalue weighted by Crippen LogP contribution is 2.30. The Hall–Kier alpha value is -2.64. The number of hydrogen-bond donors (Lipinski definition) is 3. The molecule has 0 spiro atoms. The number of thioether (sulfide) groups is 1. The van der Waals surface area contributed by atoms with Gasteiger partial charge in [-0.3, -0.25) is 0 Å². The van der Waals surface area contributed by atoms with Gasteiger partial charge in [0, 0.05) is 10.5 Å². The first-order valence-corrected chi connectivity index (χ1v) is 11.1. The lowest BCUT2D eigenvalue weighted by Gasteiger charge is -2.28. The fraction of sp³-hybridized carbons (Fsp3) is 0.364. The minimum absolute atomic E-state index is 0.0213. The number of hydrogen-bond acceptors (Lipinski definition) is 8. The first kappa shape index (κ1) is 26.0. The molecule has 0 aliphatic heterocycles. The molecule has 0 fully saturated rings. The molecule has 3 N–H and O–H groups in total. The third-order valence-electron chi connectivity index (χ3n) is 4.85. The standard InChI is InChI=1S/C22H24F3N3O5S/c1-12(30)20(11-29)33-22(34-15-5-3-14(32-2)4-6-15)19(31)10-28-9-18(26-27-28)13-7-16(23)21(25)17(24)8-13/h3-9,12,19-20,22,29-31H,10-11H2,1-2H3/t12-,19+,20?,22?/m1/s1. The molecular weight excluding hydrogens is 475 g/mol. The summed E-state index contributed by atoms with van der Waals surface area (Å²) < 4.78 is 52.5. The van der Waals surface area contributed by atoms with E-state index in [0.29, 0.717) is 5.75 Å². The van der Waals surface area contributed by atoms with E-state index in [-0.39, 0.29) is 17.8 Å². The molecule has 12 heteroatoms.